The zero-order chi connectivity index (χ0) is 24.1. The Hall–Kier alpha value is -3.65. The first kappa shape index (κ1) is 24.0. The van der Waals surface area contributed by atoms with E-state index in [0.29, 0.717) is 18.7 Å². The maximum absolute atomic E-state index is 13.0. The predicted molar refractivity (Wildman–Crippen MR) is 123 cm³/mol. The number of nitrogens with one attached hydrogen (secondary N) is 1. The molecule has 0 saturated heterocycles. The van der Waals surface area contributed by atoms with Crippen molar-refractivity contribution in [1.82, 2.24) is 0 Å². The van der Waals surface area contributed by atoms with Crippen molar-refractivity contribution in [2.75, 3.05) is 16.8 Å². The molecule has 8 nitrogen and oxygen atoms in total. The van der Waals surface area contributed by atoms with Crippen molar-refractivity contribution in [2.24, 2.45) is 0 Å². The van der Waals surface area contributed by atoms with E-state index in [4.69, 9.17) is 21.1 Å². The van der Waals surface area contributed by atoms with E-state index in [9.17, 15) is 19.2 Å². The fourth-order valence-corrected chi connectivity index (χ4v) is 3.26. The Morgan fingerprint density at radius 2 is 1.67 bits per heavy atom. The summed E-state index contributed by atoms with van der Waals surface area (Å²) in [7, 11) is 0. The Bertz CT molecular complexity index is 1140. The monoisotopic (exact) mass is 470 g/mol. The summed E-state index contributed by atoms with van der Waals surface area (Å²) in [6, 6.07) is 12.3. The standard InChI is InChI=1S/C24H23ClN2O6/c1-4-11-32-23(30)15-7-5-9-17(12-15)26-20-19(25)21(28)27(22(20)29)18-10-6-8-16(13-18)24(31)33-14(2)3/h5-10,12-14,26H,4,11H2,1-3H3. The molecule has 1 aliphatic heterocycles. The van der Waals surface area contributed by atoms with Gasteiger partial charge in [0, 0.05) is 5.69 Å². The van der Waals surface area contributed by atoms with E-state index in [-0.39, 0.29) is 33.6 Å². The second kappa shape index (κ2) is 10.3. The Morgan fingerprint density at radius 3 is 2.33 bits per heavy atom. The second-order valence-corrected chi connectivity index (χ2v) is 7.86. The van der Waals surface area contributed by atoms with Crippen LogP contribution in [0.4, 0.5) is 11.4 Å². The SMILES string of the molecule is CCCOC(=O)c1cccc(NC2=C(Cl)C(=O)N(c3cccc(C(=O)OC(C)C)c3)C2=O)c1. The van der Waals surface area contributed by atoms with Gasteiger partial charge < -0.3 is 14.8 Å². The summed E-state index contributed by atoms with van der Waals surface area (Å²) in [4.78, 5) is 51.0. The van der Waals surface area contributed by atoms with Gasteiger partial charge in [-0.1, -0.05) is 30.7 Å². The summed E-state index contributed by atoms with van der Waals surface area (Å²) in [6.45, 7) is 5.61. The van der Waals surface area contributed by atoms with Gasteiger partial charge in [-0.15, -0.1) is 0 Å². The van der Waals surface area contributed by atoms with E-state index in [1.54, 1.807) is 32.0 Å². The molecule has 3 rings (SSSR count). The lowest BCUT2D eigenvalue weighted by Gasteiger charge is -2.16. The van der Waals surface area contributed by atoms with Gasteiger partial charge in [-0.3, -0.25) is 9.59 Å². The van der Waals surface area contributed by atoms with Crippen LogP contribution in [-0.2, 0) is 19.1 Å². The Kier molecular flexibility index (Phi) is 7.50. The number of anilines is 2. The van der Waals surface area contributed by atoms with Crippen LogP contribution in [0.2, 0.25) is 0 Å². The van der Waals surface area contributed by atoms with Crippen LogP contribution in [-0.4, -0.2) is 36.5 Å². The van der Waals surface area contributed by atoms with E-state index in [1.807, 2.05) is 6.92 Å². The van der Waals surface area contributed by atoms with Crippen molar-refractivity contribution in [3.63, 3.8) is 0 Å². The van der Waals surface area contributed by atoms with Gasteiger partial charge in [-0.2, -0.15) is 0 Å². The normalized spacial score (nSPS) is 13.5. The number of imide groups is 1. The highest BCUT2D eigenvalue weighted by Gasteiger charge is 2.39. The zero-order valence-corrected chi connectivity index (χ0v) is 19.1. The fourth-order valence-electron chi connectivity index (χ4n) is 3.05. The van der Waals surface area contributed by atoms with E-state index in [1.165, 1.54) is 30.3 Å². The fraction of sp³-hybridized carbons (Fsp3) is 0.250. The van der Waals surface area contributed by atoms with E-state index in [0.717, 1.165) is 4.90 Å². The number of hydrogen-bond donors (Lipinski definition) is 1. The number of halogens is 1. The highest BCUT2D eigenvalue weighted by Crippen LogP contribution is 2.31. The molecule has 33 heavy (non-hydrogen) atoms. The Labute approximate surface area is 196 Å². The summed E-state index contributed by atoms with van der Waals surface area (Å²) in [5.41, 5.74) is 0.894. The molecule has 0 spiro atoms. The zero-order valence-electron chi connectivity index (χ0n) is 18.4. The molecule has 0 fully saturated rings. The van der Waals surface area contributed by atoms with Gasteiger partial charge in [0.15, 0.2) is 0 Å². The molecule has 2 aromatic carbocycles. The average Bonchev–Trinajstić information content (AvgIpc) is 3.00. The molecule has 9 heteroatoms. The molecule has 0 bridgehead atoms. The number of benzene rings is 2. The number of ether oxygens (including phenoxy) is 2. The highest BCUT2D eigenvalue weighted by atomic mass is 35.5. The molecule has 172 valence electrons. The Balaban J connectivity index is 1.82. The molecule has 0 saturated carbocycles. The van der Waals surface area contributed by atoms with Gasteiger partial charge >= 0.3 is 11.9 Å². The number of esters is 2. The minimum absolute atomic E-state index is 0.143. The van der Waals surface area contributed by atoms with Crippen LogP contribution in [0.3, 0.4) is 0 Å². The lowest BCUT2D eigenvalue weighted by molar-refractivity contribution is -0.120. The minimum atomic E-state index is -0.739. The third-order valence-electron chi connectivity index (χ3n) is 4.51. The van der Waals surface area contributed by atoms with E-state index >= 15 is 0 Å². The minimum Gasteiger partial charge on any atom is -0.462 e. The van der Waals surface area contributed by atoms with Gasteiger partial charge in [-0.25, -0.2) is 14.5 Å². The molecule has 0 aromatic heterocycles. The van der Waals surface area contributed by atoms with E-state index < -0.39 is 23.8 Å². The summed E-state index contributed by atoms with van der Waals surface area (Å²) in [6.07, 6.45) is 0.368. The molecule has 2 amide bonds. The number of carbonyl (C=O) groups is 4. The number of rotatable bonds is 8. The molecule has 0 unspecified atom stereocenters. The molecule has 0 atom stereocenters. The van der Waals surface area contributed by atoms with Crippen LogP contribution in [0.1, 0.15) is 47.9 Å². The molecular formula is C24H23ClN2O6. The molecular weight excluding hydrogens is 448 g/mol. The number of nitrogens with zero attached hydrogens (tertiary/aromatic N) is 1. The summed E-state index contributed by atoms with van der Waals surface area (Å²) in [5, 5.41) is 2.51. The largest absolute Gasteiger partial charge is 0.462 e. The number of amides is 2. The van der Waals surface area contributed by atoms with Crippen LogP contribution in [0.25, 0.3) is 0 Å². The quantitative estimate of drug-likeness (QED) is 0.454. The Morgan fingerprint density at radius 1 is 1.00 bits per heavy atom. The number of carbonyl (C=O) groups excluding carboxylic acids is 4. The number of hydrogen-bond acceptors (Lipinski definition) is 7. The van der Waals surface area contributed by atoms with Crippen molar-refractivity contribution in [3.05, 3.63) is 70.4 Å². The smallest absolute Gasteiger partial charge is 0.338 e. The van der Waals surface area contributed by atoms with Gasteiger partial charge in [0.05, 0.1) is 29.5 Å². The third-order valence-corrected chi connectivity index (χ3v) is 4.87. The summed E-state index contributed by atoms with van der Waals surface area (Å²) >= 11 is 6.18. The van der Waals surface area contributed by atoms with Crippen molar-refractivity contribution in [2.45, 2.75) is 33.3 Å². The first-order chi connectivity index (χ1) is 15.7. The van der Waals surface area contributed by atoms with E-state index in [2.05, 4.69) is 5.32 Å². The lowest BCUT2D eigenvalue weighted by atomic mass is 10.2. The maximum Gasteiger partial charge on any atom is 0.338 e. The van der Waals surface area contributed by atoms with Crippen LogP contribution in [0.5, 0.6) is 0 Å². The molecule has 0 radical (unpaired) electrons. The van der Waals surface area contributed by atoms with Gasteiger partial charge in [0.1, 0.15) is 10.7 Å². The third kappa shape index (κ3) is 5.40. The molecule has 1 aliphatic rings. The van der Waals surface area contributed by atoms with Crippen LogP contribution < -0.4 is 10.2 Å². The first-order valence-corrected chi connectivity index (χ1v) is 10.7. The van der Waals surface area contributed by atoms with Crippen LogP contribution in [0.15, 0.2) is 59.3 Å². The second-order valence-electron chi connectivity index (χ2n) is 7.48. The predicted octanol–water partition coefficient (Wildman–Crippen LogP) is 4.25. The van der Waals surface area contributed by atoms with Crippen molar-refractivity contribution in [3.8, 4) is 0 Å². The molecule has 1 N–H and O–H groups in total. The summed E-state index contributed by atoms with van der Waals surface area (Å²) in [5.74, 6) is -2.51. The summed E-state index contributed by atoms with van der Waals surface area (Å²) < 4.78 is 10.3. The average molecular weight is 471 g/mol. The maximum atomic E-state index is 13.0. The molecule has 0 aliphatic carbocycles. The van der Waals surface area contributed by atoms with Crippen LogP contribution in [0, 0.1) is 0 Å². The van der Waals surface area contributed by atoms with Gasteiger partial charge in [0.25, 0.3) is 11.8 Å². The molecule has 1 heterocycles. The van der Waals surface area contributed by atoms with Crippen molar-refractivity contribution >= 4 is 46.7 Å². The van der Waals surface area contributed by atoms with Gasteiger partial charge in [0.2, 0.25) is 0 Å². The van der Waals surface area contributed by atoms with Crippen molar-refractivity contribution in [1.29, 1.82) is 0 Å². The van der Waals surface area contributed by atoms with Gasteiger partial charge in [-0.05, 0) is 56.7 Å². The highest BCUT2D eigenvalue weighted by molar-refractivity contribution is 6.53. The molecule has 2 aromatic rings. The van der Waals surface area contributed by atoms with Crippen molar-refractivity contribution < 1.29 is 28.7 Å². The lowest BCUT2D eigenvalue weighted by Crippen LogP contribution is -2.32. The van der Waals surface area contributed by atoms with Crippen LogP contribution >= 0.6 is 11.6 Å². The first-order valence-electron chi connectivity index (χ1n) is 10.4. The topological polar surface area (TPSA) is 102 Å².